The highest BCUT2D eigenvalue weighted by Gasteiger charge is 2.38. The summed E-state index contributed by atoms with van der Waals surface area (Å²) in [6, 6.07) is 9.62. The van der Waals surface area contributed by atoms with Crippen molar-refractivity contribution in [1.82, 2.24) is 5.01 Å². The highest BCUT2D eigenvalue weighted by Crippen LogP contribution is 2.36. The summed E-state index contributed by atoms with van der Waals surface area (Å²) in [6.07, 6.45) is 4.48. The van der Waals surface area contributed by atoms with E-state index in [4.69, 9.17) is 14.9 Å². The summed E-state index contributed by atoms with van der Waals surface area (Å²) >= 11 is 0.714. The van der Waals surface area contributed by atoms with E-state index < -0.39 is 15.7 Å². The van der Waals surface area contributed by atoms with Crippen molar-refractivity contribution >= 4 is 49.0 Å². The highest BCUT2D eigenvalue weighted by atomic mass is 32.3. The van der Waals surface area contributed by atoms with Crippen molar-refractivity contribution in [2.75, 3.05) is 13.4 Å². The number of carbonyl (C=O) groups is 1. The number of ether oxygens (including phenoxy) is 2. The van der Waals surface area contributed by atoms with Crippen LogP contribution in [0.1, 0.15) is 16.7 Å². The zero-order valence-corrected chi connectivity index (χ0v) is 21.0. The molecule has 12 heteroatoms. The first kappa shape index (κ1) is 25.3. The SMILES string of the molecule is C=CCc1cc(/C=C2\C(=N)N3N=C(S(C)(=O)=O)SC3=NC2=O)cc(OC)c1OCc1ccccc1F. The molecule has 2 aliphatic rings. The minimum Gasteiger partial charge on any atom is -0.493 e. The second-order valence-electron chi connectivity index (χ2n) is 7.74. The Kier molecular flexibility index (Phi) is 7.09. The first-order chi connectivity index (χ1) is 17.1. The maximum absolute atomic E-state index is 14.1. The first-order valence-electron chi connectivity index (χ1n) is 10.5. The molecule has 0 atom stereocenters. The standard InChI is InChI=1S/C24H21FN4O5S2/c1-4-7-15-10-14(12-19(33-2)20(15)34-13-16-8-5-6-9-18(16)25)11-17-21(26)29-23(27-22(17)30)35-24(28-29)36(3,31)32/h4-6,8-12,26H,1,7,13H2,2-3H3/b17-11+,26-21?. The Morgan fingerprint density at radius 2 is 2.00 bits per heavy atom. The van der Waals surface area contributed by atoms with E-state index in [0.29, 0.717) is 46.4 Å². The number of carbonyl (C=O) groups excluding carboxylic acids is 1. The van der Waals surface area contributed by atoms with Crippen LogP contribution < -0.4 is 9.47 Å². The number of halogens is 1. The van der Waals surface area contributed by atoms with Crippen molar-refractivity contribution in [2.45, 2.75) is 13.0 Å². The molecule has 1 amide bonds. The number of thioether (sulfide) groups is 1. The number of aliphatic imine (C=N–C) groups is 1. The average Bonchev–Trinajstić information content (AvgIpc) is 3.27. The summed E-state index contributed by atoms with van der Waals surface area (Å²) < 4.78 is 48.9. The van der Waals surface area contributed by atoms with Gasteiger partial charge in [-0.05, 0) is 48.0 Å². The fourth-order valence-corrected chi connectivity index (χ4v) is 5.13. The lowest BCUT2D eigenvalue weighted by atomic mass is 10.0. The number of methoxy groups -OCH3 is 1. The molecule has 0 radical (unpaired) electrons. The third kappa shape index (κ3) is 5.09. The Bertz CT molecular complexity index is 1480. The number of rotatable bonds is 7. The van der Waals surface area contributed by atoms with Crippen molar-refractivity contribution in [3.63, 3.8) is 0 Å². The number of fused-ring (bicyclic) bond motifs is 1. The van der Waals surface area contributed by atoms with Gasteiger partial charge in [0.25, 0.3) is 5.91 Å². The zero-order valence-electron chi connectivity index (χ0n) is 19.3. The van der Waals surface area contributed by atoms with E-state index in [-0.39, 0.29) is 33.4 Å². The smallest absolute Gasteiger partial charge is 0.283 e. The summed E-state index contributed by atoms with van der Waals surface area (Å²) in [7, 11) is -2.18. The Morgan fingerprint density at radius 3 is 2.67 bits per heavy atom. The van der Waals surface area contributed by atoms with Gasteiger partial charge in [0, 0.05) is 17.4 Å². The lowest BCUT2D eigenvalue weighted by molar-refractivity contribution is -0.114. The number of amides is 1. The van der Waals surface area contributed by atoms with E-state index >= 15 is 0 Å². The van der Waals surface area contributed by atoms with Crippen molar-refractivity contribution in [3.05, 3.63) is 77.1 Å². The number of benzene rings is 2. The van der Waals surface area contributed by atoms with Crippen LogP contribution in [0.2, 0.25) is 0 Å². The normalized spacial score (nSPS) is 16.5. The zero-order chi connectivity index (χ0) is 26.0. The van der Waals surface area contributed by atoms with Crippen molar-refractivity contribution in [3.8, 4) is 11.5 Å². The van der Waals surface area contributed by atoms with E-state index in [9.17, 15) is 17.6 Å². The van der Waals surface area contributed by atoms with Crippen LogP contribution in [0.15, 0.2) is 64.7 Å². The molecule has 0 aromatic heterocycles. The van der Waals surface area contributed by atoms with Crippen LogP contribution in [0.5, 0.6) is 11.5 Å². The van der Waals surface area contributed by atoms with Gasteiger partial charge in [0.1, 0.15) is 12.4 Å². The Hall–Kier alpha value is -3.77. The molecule has 0 aliphatic carbocycles. The van der Waals surface area contributed by atoms with Crippen LogP contribution in [0, 0.1) is 11.2 Å². The molecule has 2 heterocycles. The molecule has 0 saturated heterocycles. The summed E-state index contributed by atoms with van der Waals surface area (Å²) in [6.45, 7) is 3.74. The predicted molar refractivity (Wildman–Crippen MR) is 137 cm³/mol. The lowest BCUT2D eigenvalue weighted by Crippen LogP contribution is -2.35. The number of hydrogen-bond acceptors (Lipinski definition) is 8. The van der Waals surface area contributed by atoms with Crippen molar-refractivity contribution in [1.29, 1.82) is 5.41 Å². The van der Waals surface area contributed by atoms with Gasteiger partial charge in [-0.2, -0.15) is 10.0 Å². The third-order valence-electron chi connectivity index (χ3n) is 5.13. The van der Waals surface area contributed by atoms with Crippen molar-refractivity contribution in [2.24, 2.45) is 10.1 Å². The molecule has 36 heavy (non-hydrogen) atoms. The number of nitrogens with zero attached hydrogens (tertiary/aromatic N) is 3. The molecule has 4 rings (SSSR count). The molecule has 1 N–H and O–H groups in total. The van der Waals surface area contributed by atoms with Gasteiger partial charge in [0.2, 0.25) is 19.4 Å². The molecule has 186 valence electrons. The number of hydrazone groups is 1. The summed E-state index contributed by atoms with van der Waals surface area (Å²) in [5.74, 6) is -0.663. The number of nitrogens with one attached hydrogen (secondary N) is 1. The molecule has 2 aromatic carbocycles. The van der Waals surface area contributed by atoms with Gasteiger partial charge >= 0.3 is 0 Å². The fraction of sp³-hybridized carbons (Fsp3) is 0.167. The number of sulfone groups is 1. The van der Waals surface area contributed by atoms with Crippen LogP contribution in [-0.4, -0.2) is 48.1 Å². The topological polar surface area (TPSA) is 121 Å². The Balaban J connectivity index is 1.70. The Morgan fingerprint density at radius 1 is 1.25 bits per heavy atom. The van der Waals surface area contributed by atoms with Crippen LogP contribution in [-0.2, 0) is 27.7 Å². The van der Waals surface area contributed by atoms with E-state index in [2.05, 4.69) is 16.7 Å². The quantitative estimate of drug-likeness (QED) is 0.429. The first-order valence-corrected chi connectivity index (χ1v) is 13.2. The lowest BCUT2D eigenvalue weighted by Gasteiger charge is -2.20. The molecule has 0 bridgehead atoms. The number of allylic oxidation sites excluding steroid dienone is 1. The summed E-state index contributed by atoms with van der Waals surface area (Å²) in [4.78, 5) is 16.6. The van der Waals surface area contributed by atoms with E-state index in [1.807, 2.05) is 0 Å². The summed E-state index contributed by atoms with van der Waals surface area (Å²) in [5, 5.41) is 13.4. The molecule has 2 aromatic rings. The van der Waals surface area contributed by atoms with E-state index in [1.54, 1.807) is 36.4 Å². The Labute approximate surface area is 211 Å². The van der Waals surface area contributed by atoms with Gasteiger partial charge in [-0.1, -0.05) is 24.3 Å². The molecule has 0 spiro atoms. The molecule has 2 aliphatic heterocycles. The predicted octanol–water partition coefficient (Wildman–Crippen LogP) is 3.76. The molecular weight excluding hydrogens is 507 g/mol. The largest absolute Gasteiger partial charge is 0.493 e. The van der Waals surface area contributed by atoms with E-state index in [1.165, 1.54) is 19.3 Å². The van der Waals surface area contributed by atoms with Gasteiger partial charge in [-0.15, -0.1) is 11.7 Å². The second kappa shape index (κ2) is 10.1. The summed E-state index contributed by atoms with van der Waals surface area (Å²) in [5.41, 5.74) is 1.47. The number of amidine groups is 2. The van der Waals surface area contributed by atoms with Gasteiger partial charge in [0.05, 0.1) is 12.7 Å². The van der Waals surface area contributed by atoms with E-state index in [0.717, 1.165) is 11.3 Å². The van der Waals surface area contributed by atoms with Crippen LogP contribution in [0.4, 0.5) is 4.39 Å². The van der Waals surface area contributed by atoms with Gasteiger partial charge in [-0.25, -0.2) is 12.8 Å². The van der Waals surface area contributed by atoms with Crippen LogP contribution >= 0.6 is 11.8 Å². The average molecular weight is 529 g/mol. The molecule has 0 unspecified atom stereocenters. The minimum atomic E-state index is -3.63. The second-order valence-corrected chi connectivity index (χ2v) is 10.9. The van der Waals surface area contributed by atoms with Gasteiger partial charge in [-0.3, -0.25) is 10.2 Å². The fourth-order valence-electron chi connectivity index (χ4n) is 3.45. The maximum Gasteiger partial charge on any atom is 0.283 e. The molecule has 0 saturated carbocycles. The van der Waals surface area contributed by atoms with Gasteiger partial charge in [0.15, 0.2) is 17.3 Å². The molecule has 9 nitrogen and oxygen atoms in total. The van der Waals surface area contributed by atoms with Crippen LogP contribution in [0.3, 0.4) is 0 Å². The maximum atomic E-state index is 14.1. The van der Waals surface area contributed by atoms with Crippen LogP contribution in [0.25, 0.3) is 6.08 Å². The van der Waals surface area contributed by atoms with Gasteiger partial charge < -0.3 is 9.47 Å². The molecule has 0 fully saturated rings. The molecular formula is C24H21FN4O5S2. The highest BCUT2D eigenvalue weighted by molar-refractivity contribution is 8.42. The van der Waals surface area contributed by atoms with Crippen molar-refractivity contribution < 1.29 is 27.1 Å². The minimum absolute atomic E-state index is 0.00407. The third-order valence-corrected chi connectivity index (χ3v) is 7.71. The monoisotopic (exact) mass is 528 g/mol. The number of hydrogen-bond donors (Lipinski definition) is 1.